The number of allylic oxidation sites excluding steroid dienone is 1. The van der Waals surface area contributed by atoms with Crippen molar-refractivity contribution in [3.05, 3.63) is 42.1 Å². The van der Waals surface area contributed by atoms with Gasteiger partial charge in [0.25, 0.3) is 0 Å². The van der Waals surface area contributed by atoms with Gasteiger partial charge in [0.2, 0.25) is 21.8 Å². The van der Waals surface area contributed by atoms with Crippen molar-refractivity contribution in [1.82, 2.24) is 19.9 Å². The maximum Gasteiger partial charge on any atom is 0.247 e. The van der Waals surface area contributed by atoms with Gasteiger partial charge in [-0.05, 0) is 49.1 Å². The van der Waals surface area contributed by atoms with Gasteiger partial charge in [0.05, 0.1) is 6.26 Å². The van der Waals surface area contributed by atoms with E-state index in [2.05, 4.69) is 46.8 Å². The monoisotopic (exact) mass is 404 g/mol. The first kappa shape index (κ1) is 20.7. The van der Waals surface area contributed by atoms with Crippen LogP contribution in [0.2, 0.25) is 0 Å². The Balaban J connectivity index is 1.73. The molecule has 0 radical (unpaired) electrons. The number of rotatable bonds is 7. The Morgan fingerprint density at radius 1 is 1.25 bits per heavy atom. The Hall–Kier alpha value is -2.06. The van der Waals surface area contributed by atoms with Crippen molar-refractivity contribution >= 4 is 10.0 Å². The van der Waals surface area contributed by atoms with Crippen molar-refractivity contribution in [2.75, 3.05) is 12.8 Å². The van der Waals surface area contributed by atoms with Crippen molar-refractivity contribution in [2.45, 2.75) is 33.6 Å². The summed E-state index contributed by atoms with van der Waals surface area (Å²) >= 11 is 0. The molecule has 2 heterocycles. The summed E-state index contributed by atoms with van der Waals surface area (Å²) in [6, 6.07) is 3.69. The van der Waals surface area contributed by atoms with E-state index >= 15 is 0 Å². The van der Waals surface area contributed by atoms with Crippen molar-refractivity contribution in [2.24, 2.45) is 23.7 Å². The molecule has 0 aliphatic heterocycles. The molecule has 1 aliphatic rings. The average Bonchev–Trinajstić information content (AvgIpc) is 3.10. The van der Waals surface area contributed by atoms with E-state index in [1.165, 1.54) is 11.8 Å². The minimum atomic E-state index is -3.19. The highest BCUT2D eigenvalue weighted by atomic mass is 32.2. The number of nitrogens with zero attached hydrogens (tertiary/aromatic N) is 3. The first-order valence-corrected chi connectivity index (χ1v) is 11.5. The minimum absolute atomic E-state index is 0.195. The highest BCUT2D eigenvalue weighted by molar-refractivity contribution is 7.88. The van der Waals surface area contributed by atoms with Crippen LogP contribution in [-0.2, 0) is 16.4 Å². The van der Waals surface area contributed by atoms with Crippen LogP contribution in [0.5, 0.6) is 0 Å². The smallest absolute Gasteiger partial charge is 0.247 e. The van der Waals surface area contributed by atoms with Crippen LogP contribution in [0.25, 0.3) is 11.5 Å². The predicted molar refractivity (Wildman–Crippen MR) is 108 cm³/mol. The fourth-order valence-electron chi connectivity index (χ4n) is 3.91. The van der Waals surface area contributed by atoms with Crippen LogP contribution < -0.4 is 4.72 Å². The standard InChI is InChI=1S/C20H28N4O3S/c1-13(2)18-10-16(14(3)9-17(18)12-22-28(4,25)26)11-19-23-24-20(27-19)15-5-7-21-8-6-15/h5-9,13,16-18,22H,10-12H2,1-4H3/t16-,17-,18-/m0/s1. The SMILES string of the molecule is CC1=C[C@@H](CNS(C)(=O)=O)[C@H](C(C)C)C[C@H]1Cc1nnc(-c2ccncc2)o1. The van der Waals surface area contributed by atoms with Gasteiger partial charge in [-0.2, -0.15) is 0 Å². The second-order valence-corrected chi connectivity index (χ2v) is 9.81. The molecule has 2 aromatic heterocycles. The van der Waals surface area contributed by atoms with E-state index in [0.29, 0.717) is 42.5 Å². The van der Waals surface area contributed by atoms with Crippen LogP contribution in [0.4, 0.5) is 0 Å². The van der Waals surface area contributed by atoms with Crippen LogP contribution in [0.3, 0.4) is 0 Å². The summed E-state index contributed by atoms with van der Waals surface area (Å²) in [5.74, 6) is 2.48. The lowest BCUT2D eigenvalue weighted by molar-refractivity contribution is 0.223. The summed E-state index contributed by atoms with van der Waals surface area (Å²) in [5, 5.41) is 8.38. The van der Waals surface area contributed by atoms with E-state index in [1.807, 2.05) is 12.1 Å². The van der Waals surface area contributed by atoms with Gasteiger partial charge in [-0.1, -0.05) is 25.5 Å². The zero-order valence-corrected chi connectivity index (χ0v) is 17.6. The molecule has 0 saturated carbocycles. The fraction of sp³-hybridized carbons (Fsp3) is 0.550. The predicted octanol–water partition coefficient (Wildman–Crippen LogP) is 3.08. The van der Waals surface area contributed by atoms with Gasteiger partial charge in [-0.3, -0.25) is 4.98 Å². The molecular weight excluding hydrogens is 376 g/mol. The lowest BCUT2D eigenvalue weighted by Crippen LogP contribution is -2.36. The molecule has 8 heteroatoms. The molecule has 0 spiro atoms. The first-order valence-electron chi connectivity index (χ1n) is 9.58. The first-order chi connectivity index (χ1) is 13.2. The largest absolute Gasteiger partial charge is 0.421 e. The third-order valence-electron chi connectivity index (χ3n) is 5.48. The Morgan fingerprint density at radius 3 is 2.61 bits per heavy atom. The van der Waals surface area contributed by atoms with Crippen molar-refractivity contribution in [3.8, 4) is 11.5 Å². The third kappa shape index (κ3) is 5.26. The van der Waals surface area contributed by atoms with Gasteiger partial charge >= 0.3 is 0 Å². The van der Waals surface area contributed by atoms with Crippen molar-refractivity contribution in [3.63, 3.8) is 0 Å². The molecular formula is C20H28N4O3S. The molecule has 1 aliphatic carbocycles. The molecule has 0 amide bonds. The number of nitrogens with one attached hydrogen (secondary N) is 1. The fourth-order valence-corrected chi connectivity index (χ4v) is 4.41. The molecule has 0 fully saturated rings. The Bertz CT molecular complexity index is 922. The summed E-state index contributed by atoms with van der Waals surface area (Å²) in [6.45, 7) is 6.93. The molecule has 3 atom stereocenters. The van der Waals surface area contributed by atoms with Gasteiger partial charge < -0.3 is 4.42 Å². The van der Waals surface area contributed by atoms with Crippen LogP contribution in [0.1, 0.15) is 33.1 Å². The molecule has 0 aromatic carbocycles. The Kier molecular flexibility index (Phi) is 6.30. The lowest BCUT2D eigenvalue weighted by atomic mass is 9.70. The Labute approximate surface area is 166 Å². The number of hydrogen-bond acceptors (Lipinski definition) is 6. The molecule has 1 N–H and O–H groups in total. The number of hydrogen-bond donors (Lipinski definition) is 1. The van der Waals surface area contributed by atoms with Gasteiger partial charge in [0.15, 0.2) is 0 Å². The van der Waals surface area contributed by atoms with E-state index < -0.39 is 10.0 Å². The van der Waals surface area contributed by atoms with Gasteiger partial charge in [-0.25, -0.2) is 13.1 Å². The maximum absolute atomic E-state index is 11.5. The average molecular weight is 405 g/mol. The molecule has 0 saturated heterocycles. The highest BCUT2D eigenvalue weighted by Gasteiger charge is 2.32. The summed E-state index contributed by atoms with van der Waals surface area (Å²) in [4.78, 5) is 4.00. The van der Waals surface area contributed by atoms with Gasteiger partial charge in [0.1, 0.15) is 0 Å². The Morgan fingerprint density at radius 2 is 1.96 bits per heavy atom. The van der Waals surface area contributed by atoms with Crippen LogP contribution in [0.15, 0.2) is 40.6 Å². The van der Waals surface area contributed by atoms with E-state index in [1.54, 1.807) is 12.4 Å². The van der Waals surface area contributed by atoms with E-state index in [0.717, 1.165) is 12.0 Å². The van der Waals surface area contributed by atoms with Crippen LogP contribution in [0, 0.1) is 23.7 Å². The molecule has 0 bridgehead atoms. The van der Waals surface area contributed by atoms with E-state index in [4.69, 9.17) is 4.42 Å². The number of pyridine rings is 1. The van der Waals surface area contributed by atoms with E-state index in [9.17, 15) is 8.42 Å². The molecule has 7 nitrogen and oxygen atoms in total. The summed E-state index contributed by atoms with van der Waals surface area (Å²) in [6.07, 6.45) is 8.49. The summed E-state index contributed by atoms with van der Waals surface area (Å²) < 4.78 is 31.5. The second-order valence-electron chi connectivity index (χ2n) is 7.98. The van der Waals surface area contributed by atoms with Crippen LogP contribution in [-0.4, -0.2) is 36.4 Å². The molecule has 28 heavy (non-hydrogen) atoms. The number of sulfonamides is 1. The molecule has 0 unspecified atom stereocenters. The summed E-state index contributed by atoms with van der Waals surface area (Å²) in [5.41, 5.74) is 2.11. The van der Waals surface area contributed by atoms with E-state index in [-0.39, 0.29) is 5.92 Å². The zero-order valence-electron chi connectivity index (χ0n) is 16.8. The van der Waals surface area contributed by atoms with Gasteiger partial charge in [0, 0.05) is 30.9 Å². The lowest BCUT2D eigenvalue weighted by Gasteiger charge is -2.36. The second kappa shape index (κ2) is 8.53. The minimum Gasteiger partial charge on any atom is -0.421 e. The quantitative estimate of drug-likeness (QED) is 0.712. The molecule has 2 aromatic rings. The number of aromatic nitrogens is 3. The van der Waals surface area contributed by atoms with Crippen molar-refractivity contribution in [1.29, 1.82) is 0 Å². The summed E-state index contributed by atoms with van der Waals surface area (Å²) in [7, 11) is -3.19. The third-order valence-corrected chi connectivity index (χ3v) is 6.17. The maximum atomic E-state index is 11.5. The molecule has 152 valence electrons. The topological polar surface area (TPSA) is 98.0 Å². The molecule has 3 rings (SSSR count). The zero-order chi connectivity index (χ0) is 20.3. The normalized spacial score (nSPS) is 23.0. The van der Waals surface area contributed by atoms with Crippen LogP contribution >= 0.6 is 0 Å². The van der Waals surface area contributed by atoms with Gasteiger partial charge in [-0.15, -0.1) is 10.2 Å². The van der Waals surface area contributed by atoms with Crippen molar-refractivity contribution < 1.29 is 12.8 Å². The highest BCUT2D eigenvalue weighted by Crippen LogP contribution is 2.38.